The van der Waals surface area contributed by atoms with Crippen molar-refractivity contribution in [3.63, 3.8) is 0 Å². The number of alkyl carbamates (subject to hydrolysis) is 1. The summed E-state index contributed by atoms with van der Waals surface area (Å²) in [5, 5.41) is 2.32. The second-order valence-corrected chi connectivity index (χ2v) is 3.66. The van der Waals surface area contributed by atoms with Crippen molar-refractivity contribution in [2.75, 3.05) is 0 Å². The summed E-state index contributed by atoms with van der Waals surface area (Å²) in [7, 11) is 0. The van der Waals surface area contributed by atoms with Gasteiger partial charge in [-0.25, -0.2) is 4.79 Å². The molecule has 1 amide bonds. The second-order valence-electron chi connectivity index (χ2n) is 2.88. The highest BCUT2D eigenvalue weighted by Gasteiger charge is 2.03. The topological polar surface area (TPSA) is 38.3 Å². The second kappa shape index (κ2) is 5.54. The molecule has 0 aliphatic rings. The van der Waals surface area contributed by atoms with E-state index in [9.17, 15) is 4.79 Å². The van der Waals surface area contributed by atoms with Crippen LogP contribution in [0.1, 0.15) is 12.5 Å². The average molecular weight is 211 g/mol. The van der Waals surface area contributed by atoms with E-state index in [0.29, 0.717) is 0 Å². The van der Waals surface area contributed by atoms with E-state index in [-0.39, 0.29) is 12.0 Å². The molecule has 0 aliphatic carbocycles. The molecule has 0 aliphatic heterocycles. The largest absolute Gasteiger partial charge is 0.445 e. The van der Waals surface area contributed by atoms with Crippen LogP contribution in [-0.4, -0.2) is 11.5 Å². The van der Waals surface area contributed by atoms with Gasteiger partial charge in [0.15, 0.2) is 0 Å². The highest BCUT2D eigenvalue weighted by molar-refractivity contribution is 7.80. The Morgan fingerprint density at radius 1 is 1.50 bits per heavy atom. The Kier molecular flexibility index (Phi) is 4.32. The lowest BCUT2D eigenvalue weighted by Gasteiger charge is -2.08. The van der Waals surface area contributed by atoms with E-state index in [1.807, 2.05) is 30.3 Å². The molecule has 1 unspecified atom stereocenters. The van der Waals surface area contributed by atoms with Crippen LogP contribution in [0.15, 0.2) is 30.3 Å². The number of ether oxygens (including phenoxy) is 1. The zero-order valence-electron chi connectivity index (χ0n) is 7.93. The lowest BCUT2D eigenvalue weighted by atomic mass is 10.2. The number of hydrogen-bond donors (Lipinski definition) is 2. The molecule has 0 saturated heterocycles. The first-order valence-corrected chi connectivity index (χ1v) is 4.85. The van der Waals surface area contributed by atoms with Gasteiger partial charge in [-0.2, -0.15) is 12.6 Å². The molecule has 14 heavy (non-hydrogen) atoms. The molecule has 1 N–H and O–H groups in total. The first kappa shape index (κ1) is 10.9. The summed E-state index contributed by atoms with van der Waals surface area (Å²) < 4.78 is 4.94. The maximum Gasteiger partial charge on any atom is 0.408 e. The Morgan fingerprint density at radius 2 is 2.14 bits per heavy atom. The summed E-state index contributed by atoms with van der Waals surface area (Å²) in [6, 6.07) is 9.52. The molecule has 0 heterocycles. The van der Waals surface area contributed by atoms with Gasteiger partial charge in [-0.15, -0.1) is 0 Å². The Labute approximate surface area is 88.9 Å². The molecule has 0 fully saturated rings. The minimum atomic E-state index is -0.448. The van der Waals surface area contributed by atoms with Crippen molar-refractivity contribution in [2.24, 2.45) is 0 Å². The summed E-state index contributed by atoms with van der Waals surface area (Å²) >= 11 is 4.01. The van der Waals surface area contributed by atoms with E-state index in [1.54, 1.807) is 6.92 Å². The van der Waals surface area contributed by atoms with Crippen LogP contribution >= 0.6 is 12.6 Å². The number of rotatable bonds is 3. The zero-order valence-corrected chi connectivity index (χ0v) is 8.83. The van der Waals surface area contributed by atoms with Crippen molar-refractivity contribution in [2.45, 2.75) is 18.9 Å². The van der Waals surface area contributed by atoms with E-state index >= 15 is 0 Å². The van der Waals surface area contributed by atoms with Gasteiger partial charge in [0, 0.05) is 0 Å². The number of hydrogen-bond acceptors (Lipinski definition) is 3. The predicted molar refractivity (Wildman–Crippen MR) is 58.2 cm³/mol. The zero-order chi connectivity index (χ0) is 10.4. The number of benzene rings is 1. The molecular formula is C10H13NO2S. The molecule has 1 rings (SSSR count). The molecule has 3 nitrogen and oxygen atoms in total. The van der Waals surface area contributed by atoms with Crippen molar-refractivity contribution in [3.05, 3.63) is 35.9 Å². The fourth-order valence-corrected chi connectivity index (χ4v) is 1.04. The third kappa shape index (κ3) is 4.18. The van der Waals surface area contributed by atoms with Crippen LogP contribution in [0, 0.1) is 0 Å². The molecule has 1 aromatic carbocycles. The Morgan fingerprint density at radius 3 is 2.71 bits per heavy atom. The maximum absolute atomic E-state index is 11.0. The predicted octanol–water partition coefficient (Wildman–Crippen LogP) is 2.19. The SMILES string of the molecule is CC(S)NC(=O)OCc1ccccc1. The van der Waals surface area contributed by atoms with E-state index < -0.39 is 6.09 Å². The molecule has 0 aromatic heterocycles. The van der Waals surface area contributed by atoms with Gasteiger partial charge in [0.25, 0.3) is 0 Å². The van der Waals surface area contributed by atoms with Gasteiger partial charge < -0.3 is 10.1 Å². The van der Waals surface area contributed by atoms with E-state index in [2.05, 4.69) is 17.9 Å². The number of thiol groups is 1. The molecule has 0 spiro atoms. The number of carbonyl (C=O) groups is 1. The summed E-state index contributed by atoms with van der Waals surface area (Å²) in [6.45, 7) is 2.04. The molecule has 0 bridgehead atoms. The fraction of sp³-hybridized carbons (Fsp3) is 0.300. The number of amides is 1. The Bertz CT molecular complexity index is 287. The van der Waals surface area contributed by atoms with Crippen LogP contribution < -0.4 is 5.32 Å². The van der Waals surface area contributed by atoms with Crippen LogP contribution in [0.2, 0.25) is 0 Å². The number of nitrogens with one attached hydrogen (secondary N) is 1. The minimum absolute atomic E-state index is 0.196. The van der Waals surface area contributed by atoms with Crippen molar-refractivity contribution in [3.8, 4) is 0 Å². The van der Waals surface area contributed by atoms with Crippen LogP contribution in [-0.2, 0) is 11.3 Å². The van der Waals surface area contributed by atoms with Crippen molar-refractivity contribution < 1.29 is 9.53 Å². The smallest absolute Gasteiger partial charge is 0.408 e. The van der Waals surface area contributed by atoms with E-state index in [4.69, 9.17) is 4.74 Å². The van der Waals surface area contributed by atoms with Gasteiger partial charge in [-0.3, -0.25) is 0 Å². The van der Waals surface area contributed by atoms with E-state index in [1.165, 1.54) is 0 Å². The quantitative estimate of drug-likeness (QED) is 0.594. The maximum atomic E-state index is 11.0. The summed E-state index contributed by atoms with van der Waals surface area (Å²) in [6.07, 6.45) is -0.448. The van der Waals surface area contributed by atoms with Crippen LogP contribution in [0.25, 0.3) is 0 Å². The van der Waals surface area contributed by atoms with Gasteiger partial charge in [0.1, 0.15) is 6.61 Å². The van der Waals surface area contributed by atoms with Crippen molar-refractivity contribution >= 4 is 18.7 Å². The lowest BCUT2D eigenvalue weighted by Crippen LogP contribution is -2.29. The van der Waals surface area contributed by atoms with Crippen molar-refractivity contribution in [1.29, 1.82) is 0 Å². The standard InChI is InChI=1S/C10H13NO2S/c1-8(14)11-10(12)13-7-9-5-3-2-4-6-9/h2-6,8,14H,7H2,1H3,(H,11,12). The molecular weight excluding hydrogens is 198 g/mol. The third-order valence-corrected chi connectivity index (χ3v) is 1.67. The van der Waals surface area contributed by atoms with Crippen molar-refractivity contribution in [1.82, 2.24) is 5.32 Å². The van der Waals surface area contributed by atoms with E-state index in [0.717, 1.165) is 5.56 Å². The van der Waals surface area contributed by atoms with Gasteiger partial charge in [-0.05, 0) is 12.5 Å². The normalized spacial score (nSPS) is 11.9. The third-order valence-electron chi connectivity index (χ3n) is 1.54. The Hall–Kier alpha value is -1.16. The monoisotopic (exact) mass is 211 g/mol. The highest BCUT2D eigenvalue weighted by atomic mass is 32.1. The molecule has 1 aromatic rings. The average Bonchev–Trinajstić information content (AvgIpc) is 2.15. The lowest BCUT2D eigenvalue weighted by molar-refractivity contribution is 0.139. The van der Waals surface area contributed by atoms with Gasteiger partial charge in [-0.1, -0.05) is 30.3 Å². The fourth-order valence-electron chi connectivity index (χ4n) is 0.935. The minimum Gasteiger partial charge on any atom is -0.445 e. The summed E-state index contributed by atoms with van der Waals surface area (Å²) in [5.41, 5.74) is 0.967. The first-order valence-electron chi connectivity index (χ1n) is 4.34. The van der Waals surface area contributed by atoms with Crippen LogP contribution in [0.3, 0.4) is 0 Å². The summed E-state index contributed by atoms with van der Waals surface area (Å²) in [4.78, 5) is 11.0. The molecule has 0 radical (unpaired) electrons. The van der Waals surface area contributed by atoms with Gasteiger partial charge in [0.05, 0.1) is 5.37 Å². The molecule has 1 atom stereocenters. The summed E-state index contributed by atoms with van der Waals surface area (Å²) in [5.74, 6) is 0. The molecule has 4 heteroatoms. The van der Waals surface area contributed by atoms with Gasteiger partial charge >= 0.3 is 6.09 Å². The van der Waals surface area contributed by atoms with Crippen LogP contribution in [0.4, 0.5) is 4.79 Å². The van der Waals surface area contributed by atoms with Crippen LogP contribution in [0.5, 0.6) is 0 Å². The first-order chi connectivity index (χ1) is 6.68. The number of carbonyl (C=O) groups excluding carboxylic acids is 1. The molecule has 76 valence electrons. The van der Waals surface area contributed by atoms with Gasteiger partial charge in [0.2, 0.25) is 0 Å². The Balaban J connectivity index is 2.31. The highest BCUT2D eigenvalue weighted by Crippen LogP contribution is 2.00. The molecule has 0 saturated carbocycles.